The quantitative estimate of drug-likeness (QED) is 0.674. The highest BCUT2D eigenvalue weighted by atomic mass is 16.1. The van der Waals surface area contributed by atoms with E-state index in [0.29, 0.717) is 12.6 Å². The summed E-state index contributed by atoms with van der Waals surface area (Å²) in [7, 11) is 0. The molecule has 1 unspecified atom stereocenters. The lowest BCUT2D eigenvalue weighted by atomic mass is 9.92. The number of anilines is 1. The lowest BCUT2D eigenvalue weighted by Crippen LogP contribution is -2.45. The van der Waals surface area contributed by atoms with Crippen LogP contribution in [0.15, 0.2) is 41.6 Å². The van der Waals surface area contributed by atoms with Crippen molar-refractivity contribution in [2.45, 2.75) is 58.0 Å². The van der Waals surface area contributed by atoms with Gasteiger partial charge in [0.25, 0.3) is 5.56 Å². The molecular weight excluding hydrogens is 378 g/mol. The molecule has 1 N–H and O–H groups in total. The lowest BCUT2D eigenvalue weighted by Gasteiger charge is -2.36. The summed E-state index contributed by atoms with van der Waals surface area (Å²) >= 11 is 0. The SMILES string of the molecule is CC(C)(C)c1ccc(=O)n(CCN2CCCCC2CNc2nccn3nccc23)n1. The first kappa shape index (κ1) is 20.5. The molecule has 160 valence electrons. The Kier molecular flexibility index (Phi) is 5.85. The number of nitrogens with one attached hydrogen (secondary N) is 1. The van der Waals surface area contributed by atoms with Crippen LogP contribution in [0.5, 0.6) is 0 Å². The van der Waals surface area contributed by atoms with Crippen molar-refractivity contribution in [1.29, 1.82) is 0 Å². The van der Waals surface area contributed by atoms with E-state index in [-0.39, 0.29) is 11.0 Å². The summed E-state index contributed by atoms with van der Waals surface area (Å²) < 4.78 is 3.45. The molecule has 8 nitrogen and oxygen atoms in total. The molecule has 1 aliphatic rings. The van der Waals surface area contributed by atoms with Gasteiger partial charge in [0.05, 0.1) is 18.4 Å². The molecule has 1 fully saturated rings. The van der Waals surface area contributed by atoms with Crippen LogP contribution in [0.25, 0.3) is 5.52 Å². The van der Waals surface area contributed by atoms with Gasteiger partial charge in [-0.25, -0.2) is 14.2 Å². The maximum absolute atomic E-state index is 12.3. The molecule has 1 saturated heterocycles. The smallest absolute Gasteiger partial charge is 0.266 e. The predicted molar refractivity (Wildman–Crippen MR) is 118 cm³/mol. The molecule has 0 radical (unpaired) electrons. The second kappa shape index (κ2) is 8.55. The highest BCUT2D eigenvalue weighted by molar-refractivity contribution is 5.66. The van der Waals surface area contributed by atoms with E-state index < -0.39 is 0 Å². The van der Waals surface area contributed by atoms with Gasteiger partial charge in [0.15, 0.2) is 5.82 Å². The van der Waals surface area contributed by atoms with Crippen LogP contribution >= 0.6 is 0 Å². The fourth-order valence-corrected chi connectivity index (χ4v) is 4.03. The standard InChI is InChI=1S/C22H31N7O/c1-22(2,3)19-7-8-20(30)29(26-19)15-14-27-12-5-4-6-17(27)16-24-21-18-9-10-25-28(18)13-11-23-21/h7-11,13,17H,4-6,12,14-16H2,1-3H3,(H,23,24). The first-order valence-electron chi connectivity index (χ1n) is 10.8. The Balaban J connectivity index is 1.42. The molecule has 0 spiro atoms. The molecule has 0 bridgehead atoms. The van der Waals surface area contributed by atoms with Gasteiger partial charge in [0, 0.05) is 43.0 Å². The molecule has 4 heterocycles. The average molecular weight is 410 g/mol. The zero-order valence-corrected chi connectivity index (χ0v) is 18.1. The molecule has 3 aromatic heterocycles. The van der Waals surface area contributed by atoms with E-state index >= 15 is 0 Å². The Morgan fingerprint density at radius 2 is 2.00 bits per heavy atom. The number of hydrogen-bond acceptors (Lipinski definition) is 6. The summed E-state index contributed by atoms with van der Waals surface area (Å²) in [6, 6.07) is 5.86. The van der Waals surface area contributed by atoms with Gasteiger partial charge in [-0.15, -0.1) is 0 Å². The van der Waals surface area contributed by atoms with Gasteiger partial charge in [-0.1, -0.05) is 27.2 Å². The predicted octanol–water partition coefficient (Wildman–Crippen LogP) is 2.55. The van der Waals surface area contributed by atoms with E-state index in [1.165, 1.54) is 12.8 Å². The molecule has 3 aromatic rings. The van der Waals surface area contributed by atoms with Crippen LogP contribution in [-0.4, -0.2) is 55.0 Å². The molecule has 0 saturated carbocycles. The van der Waals surface area contributed by atoms with Crippen molar-refractivity contribution in [1.82, 2.24) is 29.3 Å². The van der Waals surface area contributed by atoms with Gasteiger partial charge < -0.3 is 5.32 Å². The summed E-state index contributed by atoms with van der Waals surface area (Å²) in [5, 5.41) is 12.4. The monoisotopic (exact) mass is 409 g/mol. The van der Waals surface area contributed by atoms with Crippen LogP contribution in [0, 0.1) is 0 Å². The highest BCUT2D eigenvalue weighted by Gasteiger charge is 2.23. The Bertz CT molecular complexity index is 1050. The fourth-order valence-electron chi connectivity index (χ4n) is 4.03. The summed E-state index contributed by atoms with van der Waals surface area (Å²) in [4.78, 5) is 19.3. The van der Waals surface area contributed by atoms with E-state index in [1.54, 1.807) is 23.1 Å². The van der Waals surface area contributed by atoms with Crippen molar-refractivity contribution in [3.8, 4) is 0 Å². The number of nitrogens with zero attached hydrogens (tertiary/aromatic N) is 6. The summed E-state index contributed by atoms with van der Waals surface area (Å²) in [5.41, 5.74) is 1.81. The Morgan fingerprint density at radius 3 is 2.83 bits per heavy atom. The number of hydrogen-bond donors (Lipinski definition) is 1. The largest absolute Gasteiger partial charge is 0.367 e. The first-order chi connectivity index (χ1) is 14.4. The van der Waals surface area contributed by atoms with Gasteiger partial charge in [0.1, 0.15) is 5.52 Å². The van der Waals surface area contributed by atoms with Gasteiger partial charge in [-0.2, -0.15) is 10.2 Å². The maximum Gasteiger partial charge on any atom is 0.266 e. The molecule has 4 rings (SSSR count). The van der Waals surface area contributed by atoms with Gasteiger partial charge in [0.2, 0.25) is 0 Å². The van der Waals surface area contributed by atoms with E-state index in [4.69, 9.17) is 0 Å². The number of piperidine rings is 1. The fraction of sp³-hybridized carbons (Fsp3) is 0.545. The normalized spacial score (nSPS) is 18.0. The third kappa shape index (κ3) is 4.53. The number of rotatable bonds is 6. The van der Waals surface area contributed by atoms with Crippen molar-refractivity contribution in [3.63, 3.8) is 0 Å². The van der Waals surface area contributed by atoms with Gasteiger partial charge in [-0.3, -0.25) is 9.69 Å². The van der Waals surface area contributed by atoms with Gasteiger partial charge >= 0.3 is 0 Å². The second-order valence-corrected chi connectivity index (χ2v) is 9.03. The summed E-state index contributed by atoms with van der Waals surface area (Å²) in [6.45, 7) is 9.64. The third-order valence-electron chi connectivity index (χ3n) is 5.81. The van der Waals surface area contributed by atoms with Crippen LogP contribution in [0.1, 0.15) is 45.7 Å². The van der Waals surface area contributed by atoms with E-state index in [1.807, 2.05) is 22.8 Å². The minimum absolute atomic E-state index is 0.0358. The molecule has 8 heteroatoms. The van der Waals surface area contributed by atoms with Crippen LogP contribution < -0.4 is 10.9 Å². The minimum atomic E-state index is -0.0747. The number of likely N-dealkylation sites (tertiary alicyclic amines) is 1. The zero-order chi connectivity index (χ0) is 21.1. The molecule has 30 heavy (non-hydrogen) atoms. The topological polar surface area (TPSA) is 80.4 Å². The van der Waals surface area contributed by atoms with Crippen molar-refractivity contribution in [3.05, 3.63) is 52.8 Å². The molecular formula is C22H31N7O. The molecule has 0 aliphatic carbocycles. The third-order valence-corrected chi connectivity index (χ3v) is 5.81. The summed E-state index contributed by atoms with van der Waals surface area (Å²) in [5.74, 6) is 0.858. The molecule has 0 aromatic carbocycles. The number of fused-ring (bicyclic) bond motifs is 1. The Hall–Kier alpha value is -2.74. The van der Waals surface area contributed by atoms with Crippen LogP contribution in [0.4, 0.5) is 5.82 Å². The second-order valence-electron chi connectivity index (χ2n) is 9.03. The molecule has 1 atom stereocenters. The lowest BCUT2D eigenvalue weighted by molar-refractivity contribution is 0.147. The minimum Gasteiger partial charge on any atom is -0.367 e. The van der Waals surface area contributed by atoms with Crippen LogP contribution in [-0.2, 0) is 12.0 Å². The first-order valence-corrected chi connectivity index (χ1v) is 10.8. The van der Waals surface area contributed by atoms with E-state index in [0.717, 1.165) is 43.1 Å². The van der Waals surface area contributed by atoms with E-state index in [2.05, 4.69) is 46.2 Å². The van der Waals surface area contributed by atoms with E-state index in [9.17, 15) is 4.79 Å². The van der Waals surface area contributed by atoms with Crippen molar-refractivity contribution >= 4 is 11.3 Å². The average Bonchev–Trinajstić information content (AvgIpc) is 3.21. The Morgan fingerprint density at radius 1 is 1.13 bits per heavy atom. The van der Waals surface area contributed by atoms with Crippen LogP contribution in [0.3, 0.4) is 0 Å². The number of aromatic nitrogens is 5. The molecule has 1 aliphatic heterocycles. The van der Waals surface area contributed by atoms with Crippen molar-refractivity contribution < 1.29 is 0 Å². The van der Waals surface area contributed by atoms with Crippen molar-refractivity contribution in [2.75, 3.05) is 25.0 Å². The summed E-state index contributed by atoms with van der Waals surface area (Å²) in [6.07, 6.45) is 8.96. The van der Waals surface area contributed by atoms with Crippen molar-refractivity contribution in [2.24, 2.45) is 0 Å². The molecule has 0 amide bonds. The van der Waals surface area contributed by atoms with Crippen LogP contribution in [0.2, 0.25) is 0 Å². The maximum atomic E-state index is 12.3. The Labute approximate surface area is 176 Å². The zero-order valence-electron chi connectivity index (χ0n) is 18.1. The van der Waals surface area contributed by atoms with Gasteiger partial charge in [-0.05, 0) is 31.5 Å². The highest BCUT2D eigenvalue weighted by Crippen LogP contribution is 2.20.